The van der Waals surface area contributed by atoms with E-state index >= 15 is 0 Å². The number of nitrogens with one attached hydrogen (secondary N) is 1. The minimum Gasteiger partial charge on any atom is -0.276 e. The van der Waals surface area contributed by atoms with Gasteiger partial charge in [0.2, 0.25) is 0 Å². The molecule has 2 heteroatoms. The van der Waals surface area contributed by atoms with Crippen molar-refractivity contribution in [2.75, 3.05) is 0 Å². The minimum absolute atomic E-state index is 0.139. The summed E-state index contributed by atoms with van der Waals surface area (Å²) >= 11 is 0. The molecule has 1 radical (unpaired) electrons. The third kappa shape index (κ3) is 1.20. The Balaban J connectivity index is 3.05. The van der Waals surface area contributed by atoms with E-state index in [1.54, 1.807) is 0 Å². The maximum Gasteiger partial charge on any atom is 0.0863 e. The first-order chi connectivity index (χ1) is 4.52. The highest BCUT2D eigenvalue weighted by atomic mass is 15.1. The number of aromatic nitrogens is 2. The van der Waals surface area contributed by atoms with Crippen molar-refractivity contribution < 1.29 is 0 Å². The van der Waals surface area contributed by atoms with Crippen molar-refractivity contribution in [2.45, 2.75) is 33.1 Å². The number of aromatic amines is 1. The lowest BCUT2D eigenvalue weighted by molar-refractivity contribution is 0.563. The fourth-order valence-corrected chi connectivity index (χ4v) is 1.04. The number of hydrogen-bond donors (Lipinski definition) is 1. The first-order valence-electron chi connectivity index (χ1n) is 3.45. The van der Waals surface area contributed by atoms with Gasteiger partial charge in [0.15, 0.2) is 0 Å². The van der Waals surface area contributed by atoms with Crippen LogP contribution in [-0.4, -0.2) is 10.2 Å². The molecule has 1 aromatic heterocycles. The average molecular weight is 137 g/mol. The molecule has 2 nitrogen and oxygen atoms in total. The molecule has 0 aromatic carbocycles. The lowest BCUT2D eigenvalue weighted by Crippen LogP contribution is -2.13. The molecule has 0 unspecified atom stereocenters. The van der Waals surface area contributed by atoms with Crippen molar-refractivity contribution in [3.05, 3.63) is 17.5 Å². The lowest BCUT2D eigenvalue weighted by atomic mass is 9.90. The van der Waals surface area contributed by atoms with Gasteiger partial charge in [0.05, 0.1) is 11.9 Å². The van der Waals surface area contributed by atoms with Crippen LogP contribution in [0, 0.1) is 13.1 Å². The molecule has 0 saturated heterocycles. The van der Waals surface area contributed by atoms with Crippen molar-refractivity contribution in [1.82, 2.24) is 10.2 Å². The molecule has 1 aromatic rings. The van der Waals surface area contributed by atoms with Gasteiger partial charge >= 0.3 is 0 Å². The molecule has 55 valence electrons. The van der Waals surface area contributed by atoms with Crippen molar-refractivity contribution in [3.8, 4) is 0 Å². The van der Waals surface area contributed by atoms with Crippen LogP contribution in [0.4, 0.5) is 0 Å². The number of hydrogen-bond acceptors (Lipinski definition) is 1. The molecule has 1 rings (SSSR count). The number of H-pyrrole nitrogens is 1. The topological polar surface area (TPSA) is 28.7 Å². The average Bonchev–Trinajstić information content (AvgIpc) is 2.11. The zero-order valence-corrected chi connectivity index (χ0v) is 6.95. The zero-order chi connectivity index (χ0) is 7.78. The van der Waals surface area contributed by atoms with Crippen molar-refractivity contribution in [2.24, 2.45) is 0 Å². The van der Waals surface area contributed by atoms with Gasteiger partial charge < -0.3 is 0 Å². The lowest BCUT2D eigenvalue weighted by Gasteiger charge is -2.15. The fourth-order valence-electron chi connectivity index (χ4n) is 1.04. The molecular weight excluding hydrogens is 124 g/mol. The number of aryl methyl sites for hydroxylation is 1. The van der Waals surface area contributed by atoms with E-state index in [2.05, 4.69) is 37.2 Å². The Kier molecular flexibility index (Phi) is 1.55. The number of rotatable bonds is 0. The monoisotopic (exact) mass is 137 g/mol. The van der Waals surface area contributed by atoms with Gasteiger partial charge in [-0.25, -0.2) is 0 Å². The predicted molar refractivity (Wildman–Crippen MR) is 40.9 cm³/mol. The Hall–Kier alpha value is -0.790. The van der Waals surface area contributed by atoms with Gasteiger partial charge in [0.25, 0.3) is 0 Å². The third-order valence-electron chi connectivity index (χ3n) is 1.48. The molecule has 0 fully saturated rings. The van der Waals surface area contributed by atoms with Gasteiger partial charge in [0.1, 0.15) is 0 Å². The van der Waals surface area contributed by atoms with Crippen LogP contribution in [-0.2, 0) is 5.41 Å². The first kappa shape index (κ1) is 7.32. The summed E-state index contributed by atoms with van der Waals surface area (Å²) in [6.45, 7) is 8.45. The highest BCUT2D eigenvalue weighted by Crippen LogP contribution is 2.21. The Labute approximate surface area is 61.7 Å². The molecule has 0 aliphatic heterocycles. The minimum atomic E-state index is 0.139. The fraction of sp³-hybridized carbons (Fsp3) is 0.625. The van der Waals surface area contributed by atoms with Crippen LogP contribution in [0.2, 0.25) is 0 Å². The Bertz CT molecular complexity index is 217. The van der Waals surface area contributed by atoms with Crippen LogP contribution in [0.3, 0.4) is 0 Å². The van der Waals surface area contributed by atoms with Crippen LogP contribution in [0.25, 0.3) is 0 Å². The molecule has 0 aliphatic rings. The van der Waals surface area contributed by atoms with Gasteiger partial charge in [-0.2, -0.15) is 5.10 Å². The SMILES string of the molecule is Cc1[c][nH]nc1C(C)(C)C. The van der Waals surface area contributed by atoms with Crippen LogP contribution in [0.15, 0.2) is 0 Å². The molecular formula is C8H13N2. The second-order valence-corrected chi connectivity index (χ2v) is 3.57. The first-order valence-corrected chi connectivity index (χ1v) is 3.45. The summed E-state index contributed by atoms with van der Waals surface area (Å²) in [4.78, 5) is 0. The highest BCUT2D eigenvalue weighted by molar-refractivity contribution is 5.20. The van der Waals surface area contributed by atoms with E-state index < -0.39 is 0 Å². The molecule has 0 bridgehead atoms. The van der Waals surface area contributed by atoms with Crippen molar-refractivity contribution >= 4 is 0 Å². The second-order valence-electron chi connectivity index (χ2n) is 3.57. The summed E-state index contributed by atoms with van der Waals surface area (Å²) in [5, 5.41) is 6.84. The second kappa shape index (κ2) is 2.11. The smallest absolute Gasteiger partial charge is 0.0863 e. The van der Waals surface area contributed by atoms with Gasteiger partial charge in [-0.3, -0.25) is 5.10 Å². The van der Waals surface area contributed by atoms with Gasteiger partial charge in [0, 0.05) is 11.0 Å². The summed E-state index contributed by atoms with van der Waals surface area (Å²) in [5.74, 6) is 0. The predicted octanol–water partition coefficient (Wildman–Crippen LogP) is 1.82. The van der Waals surface area contributed by atoms with Crippen LogP contribution < -0.4 is 0 Å². The summed E-state index contributed by atoms with van der Waals surface area (Å²) in [6, 6.07) is 0. The van der Waals surface area contributed by atoms with Crippen molar-refractivity contribution in [3.63, 3.8) is 0 Å². The molecule has 0 saturated carbocycles. The molecule has 0 amide bonds. The summed E-state index contributed by atoms with van der Waals surface area (Å²) in [6.07, 6.45) is 2.94. The molecule has 10 heavy (non-hydrogen) atoms. The molecule has 0 spiro atoms. The van der Waals surface area contributed by atoms with Crippen LogP contribution >= 0.6 is 0 Å². The van der Waals surface area contributed by atoms with Gasteiger partial charge in [-0.1, -0.05) is 20.8 Å². The quantitative estimate of drug-likeness (QED) is 0.580. The maximum absolute atomic E-state index is 4.11. The van der Waals surface area contributed by atoms with E-state index in [1.165, 1.54) is 0 Å². The van der Waals surface area contributed by atoms with Gasteiger partial charge in [-0.15, -0.1) is 0 Å². The highest BCUT2D eigenvalue weighted by Gasteiger charge is 2.18. The molecule has 1 N–H and O–H groups in total. The molecule has 0 atom stereocenters. The normalized spacial score (nSPS) is 12.0. The molecule has 1 heterocycles. The van der Waals surface area contributed by atoms with E-state index in [0.717, 1.165) is 11.3 Å². The van der Waals surface area contributed by atoms with E-state index in [1.807, 2.05) is 6.92 Å². The van der Waals surface area contributed by atoms with Crippen LogP contribution in [0.5, 0.6) is 0 Å². The molecule has 0 aliphatic carbocycles. The Morgan fingerprint density at radius 1 is 1.40 bits per heavy atom. The standard InChI is InChI=1S/C8H13N2/c1-6-5-9-10-7(6)8(2,3)4/h1-4H3,(H,9,10). The van der Waals surface area contributed by atoms with Crippen molar-refractivity contribution in [1.29, 1.82) is 0 Å². The number of nitrogens with zero attached hydrogens (tertiary/aromatic N) is 1. The van der Waals surface area contributed by atoms with Gasteiger partial charge in [-0.05, 0) is 6.92 Å². The Morgan fingerprint density at radius 2 is 2.00 bits per heavy atom. The summed E-state index contributed by atoms with van der Waals surface area (Å²) in [5.41, 5.74) is 2.36. The van der Waals surface area contributed by atoms with E-state index in [4.69, 9.17) is 0 Å². The maximum atomic E-state index is 4.11. The Morgan fingerprint density at radius 3 is 2.20 bits per heavy atom. The summed E-state index contributed by atoms with van der Waals surface area (Å²) in [7, 11) is 0. The van der Waals surface area contributed by atoms with E-state index in [-0.39, 0.29) is 5.41 Å². The largest absolute Gasteiger partial charge is 0.276 e. The van der Waals surface area contributed by atoms with E-state index in [9.17, 15) is 0 Å². The zero-order valence-electron chi connectivity index (χ0n) is 6.95. The van der Waals surface area contributed by atoms with Crippen LogP contribution in [0.1, 0.15) is 32.0 Å². The third-order valence-corrected chi connectivity index (χ3v) is 1.48. The summed E-state index contributed by atoms with van der Waals surface area (Å²) < 4.78 is 0. The van der Waals surface area contributed by atoms with E-state index in [0.29, 0.717) is 0 Å².